The average molecular weight is 759 g/mol. The molecule has 0 spiro atoms. The molecule has 0 aromatic carbocycles. The molecule has 5 aromatic rings. The molecule has 3 amide bonds. The number of piperidine rings is 2. The van der Waals surface area contributed by atoms with Crippen molar-refractivity contribution in [1.29, 1.82) is 5.26 Å². The number of amides is 3. The highest BCUT2D eigenvalue weighted by molar-refractivity contribution is 7.18. The summed E-state index contributed by atoms with van der Waals surface area (Å²) in [5.74, 6) is 0.590. The summed E-state index contributed by atoms with van der Waals surface area (Å²) >= 11 is 1.52. The number of hydrogen-bond donors (Lipinski definition) is 2. The van der Waals surface area contributed by atoms with Gasteiger partial charge in [-0.3, -0.25) is 24.7 Å². The molecule has 55 heavy (non-hydrogen) atoms. The Bertz CT molecular complexity index is 2260. The van der Waals surface area contributed by atoms with Crippen LogP contribution in [0.1, 0.15) is 63.0 Å². The van der Waals surface area contributed by atoms with Gasteiger partial charge in [-0.25, -0.2) is 9.50 Å². The Morgan fingerprint density at radius 3 is 2.51 bits per heavy atom. The molecule has 8 heterocycles. The molecule has 282 valence electrons. The van der Waals surface area contributed by atoms with Gasteiger partial charge in [-0.15, -0.1) is 10.2 Å². The first-order valence-corrected chi connectivity index (χ1v) is 19.6. The molecule has 0 saturated carbocycles. The van der Waals surface area contributed by atoms with Crippen molar-refractivity contribution in [2.45, 2.75) is 57.9 Å². The predicted molar refractivity (Wildman–Crippen MR) is 209 cm³/mol. The lowest BCUT2D eigenvalue weighted by Crippen LogP contribution is -2.49. The average Bonchev–Trinajstić information content (AvgIpc) is 3.86. The minimum atomic E-state index is -0.339. The van der Waals surface area contributed by atoms with Crippen LogP contribution >= 0.6 is 11.3 Å². The van der Waals surface area contributed by atoms with Gasteiger partial charge in [-0.1, -0.05) is 17.4 Å². The van der Waals surface area contributed by atoms with E-state index in [4.69, 9.17) is 4.98 Å². The minimum Gasteiger partial charge on any atom is -0.382 e. The molecule has 1 atom stereocenters. The van der Waals surface area contributed by atoms with Crippen molar-refractivity contribution in [3.05, 3.63) is 66.1 Å². The quantitative estimate of drug-likeness (QED) is 0.202. The van der Waals surface area contributed by atoms with Crippen molar-refractivity contribution in [2.24, 2.45) is 5.92 Å². The van der Waals surface area contributed by atoms with E-state index in [0.29, 0.717) is 56.9 Å². The third-order valence-corrected chi connectivity index (χ3v) is 11.6. The molecule has 0 unspecified atom stereocenters. The fourth-order valence-electron chi connectivity index (χ4n) is 7.59. The van der Waals surface area contributed by atoms with E-state index in [1.807, 2.05) is 41.4 Å². The van der Waals surface area contributed by atoms with E-state index >= 15 is 0 Å². The van der Waals surface area contributed by atoms with E-state index in [9.17, 15) is 19.6 Å². The molecule has 0 bridgehead atoms. The third-order valence-electron chi connectivity index (χ3n) is 10.6. The van der Waals surface area contributed by atoms with Gasteiger partial charge in [0.25, 0.3) is 0 Å². The summed E-state index contributed by atoms with van der Waals surface area (Å²) in [5.41, 5.74) is 5.48. The number of nitrogens with one attached hydrogen (secondary N) is 2. The Labute approximate surface area is 322 Å². The van der Waals surface area contributed by atoms with Gasteiger partial charge in [0.2, 0.25) is 22.9 Å². The third kappa shape index (κ3) is 7.70. The molecule has 0 radical (unpaired) electrons. The highest BCUT2D eigenvalue weighted by atomic mass is 32.1. The van der Waals surface area contributed by atoms with Crippen LogP contribution in [0.3, 0.4) is 0 Å². The molecule has 2 N–H and O–H groups in total. The minimum absolute atomic E-state index is 0.169. The number of carbonyl (C=O) groups excluding carboxylic acids is 3. The Morgan fingerprint density at radius 2 is 1.78 bits per heavy atom. The number of imide groups is 1. The van der Waals surface area contributed by atoms with Crippen LogP contribution in [-0.4, -0.2) is 97.7 Å². The van der Waals surface area contributed by atoms with Crippen molar-refractivity contribution in [1.82, 2.24) is 40.0 Å². The maximum Gasteiger partial charge on any atom is 0.234 e. The zero-order chi connectivity index (χ0) is 38.1. The lowest BCUT2D eigenvalue weighted by molar-refractivity contribution is -0.134. The summed E-state index contributed by atoms with van der Waals surface area (Å²) in [6.45, 7) is 8.48. The first-order valence-electron chi connectivity index (χ1n) is 18.8. The summed E-state index contributed by atoms with van der Waals surface area (Å²) < 4.78 is 1.78. The molecule has 3 saturated heterocycles. The summed E-state index contributed by atoms with van der Waals surface area (Å²) in [6.07, 6.45) is 8.36. The smallest absolute Gasteiger partial charge is 0.234 e. The second-order valence-corrected chi connectivity index (χ2v) is 15.6. The number of aromatic nitrogens is 6. The van der Waals surface area contributed by atoms with Crippen molar-refractivity contribution in [2.75, 3.05) is 54.4 Å². The molecule has 8 rings (SSSR count). The van der Waals surface area contributed by atoms with Gasteiger partial charge in [0.1, 0.15) is 11.9 Å². The summed E-state index contributed by atoms with van der Waals surface area (Å²) in [6, 6.07) is 13.9. The molecule has 0 aliphatic carbocycles. The van der Waals surface area contributed by atoms with Crippen molar-refractivity contribution in [3.8, 4) is 28.0 Å². The predicted octanol–water partition coefficient (Wildman–Crippen LogP) is 4.48. The van der Waals surface area contributed by atoms with E-state index in [2.05, 4.69) is 60.6 Å². The number of nitrogens with zero attached hydrogens (tertiary/aromatic N) is 10. The van der Waals surface area contributed by atoms with Crippen LogP contribution in [0.5, 0.6) is 0 Å². The molecular weight excluding hydrogens is 717 g/mol. The van der Waals surface area contributed by atoms with Crippen molar-refractivity contribution in [3.63, 3.8) is 0 Å². The highest BCUT2D eigenvalue weighted by Crippen LogP contribution is 2.36. The Balaban J connectivity index is 0.845. The molecule has 3 aliphatic heterocycles. The molecule has 3 fully saturated rings. The number of carbonyl (C=O) groups is 3. The van der Waals surface area contributed by atoms with Gasteiger partial charge in [0, 0.05) is 76.2 Å². The molecule has 3 aliphatic rings. The number of nitriles is 1. The number of anilines is 3. The van der Waals surface area contributed by atoms with E-state index in [-0.39, 0.29) is 29.7 Å². The zero-order valence-corrected chi connectivity index (χ0v) is 31.6. The molecule has 16 heteroatoms. The summed E-state index contributed by atoms with van der Waals surface area (Å²) in [5, 5.41) is 30.4. The van der Waals surface area contributed by atoms with Crippen LogP contribution in [0.15, 0.2) is 55.0 Å². The molecule has 5 aromatic heterocycles. The van der Waals surface area contributed by atoms with Crippen LogP contribution in [0.25, 0.3) is 27.5 Å². The monoisotopic (exact) mass is 758 g/mol. The fraction of sp³-hybridized carbons (Fsp3) is 0.410. The number of fused-ring (bicyclic) bond motifs is 1. The van der Waals surface area contributed by atoms with Crippen LogP contribution in [0.4, 0.5) is 16.6 Å². The van der Waals surface area contributed by atoms with Gasteiger partial charge < -0.3 is 20.0 Å². The van der Waals surface area contributed by atoms with Crippen LogP contribution in [0, 0.1) is 17.2 Å². The Hall–Kier alpha value is -5.95. The first-order chi connectivity index (χ1) is 26.7. The van der Waals surface area contributed by atoms with E-state index in [1.165, 1.54) is 11.3 Å². The van der Waals surface area contributed by atoms with Gasteiger partial charge in [-0.05, 0) is 74.9 Å². The van der Waals surface area contributed by atoms with Gasteiger partial charge in [0.05, 0.1) is 40.1 Å². The van der Waals surface area contributed by atoms with Crippen LogP contribution < -0.4 is 20.4 Å². The van der Waals surface area contributed by atoms with Gasteiger partial charge in [-0.2, -0.15) is 10.4 Å². The van der Waals surface area contributed by atoms with Gasteiger partial charge in [0.15, 0.2) is 5.01 Å². The zero-order valence-electron chi connectivity index (χ0n) is 30.8. The fourth-order valence-corrected chi connectivity index (χ4v) is 8.51. The van der Waals surface area contributed by atoms with Crippen LogP contribution in [-0.2, 0) is 14.4 Å². The second kappa shape index (κ2) is 15.4. The number of rotatable bonds is 9. The summed E-state index contributed by atoms with van der Waals surface area (Å²) in [4.78, 5) is 53.0. The maximum atomic E-state index is 13.4. The first kappa shape index (κ1) is 36.0. The van der Waals surface area contributed by atoms with E-state index in [0.717, 1.165) is 75.6 Å². The lowest BCUT2D eigenvalue weighted by Gasteiger charge is -2.36. The SMILES string of the molecule is CC(C)Nc1cc(-c2ccc3cc(C#N)cnn23)ncc1-c1nnc(N2CCN(C(=O)CC3CCN(c4ccc([C@H]5CCC(=O)NC5=O)cn4)CC3)CC2)s1. The maximum absolute atomic E-state index is 13.4. The number of hydrogen-bond acceptors (Lipinski definition) is 13. The number of pyridine rings is 2. The highest BCUT2D eigenvalue weighted by Gasteiger charge is 2.30. The van der Waals surface area contributed by atoms with E-state index < -0.39 is 0 Å². The molecular formula is C39H42N12O3S. The largest absolute Gasteiger partial charge is 0.382 e. The standard InChI is InChI=1S/C39H42N12O3S/c1-24(2)44-31-19-32(33-6-4-28-17-26(20-40)21-43-51(28)33)41-23-30(31)38-46-47-39(55-38)50-15-13-49(14-16-50)36(53)18-25-9-11-48(12-10-25)34-7-3-27(22-42-34)29-5-8-35(52)45-37(29)54/h3-4,6-7,17,19,21-25,29H,5,8-16,18H2,1-2H3,(H,41,44)(H,45,52,54)/t29-/m1/s1. The van der Waals surface area contributed by atoms with Gasteiger partial charge >= 0.3 is 0 Å². The Morgan fingerprint density at radius 1 is 0.964 bits per heavy atom. The van der Waals surface area contributed by atoms with Crippen molar-refractivity contribution < 1.29 is 14.4 Å². The van der Waals surface area contributed by atoms with E-state index in [1.54, 1.807) is 23.0 Å². The van der Waals surface area contributed by atoms with Crippen molar-refractivity contribution >= 4 is 51.2 Å². The number of piperazine rings is 1. The summed E-state index contributed by atoms with van der Waals surface area (Å²) in [7, 11) is 0. The Kier molecular flexibility index (Phi) is 10.1. The molecule has 15 nitrogen and oxygen atoms in total. The lowest BCUT2D eigenvalue weighted by atomic mass is 9.91. The second-order valence-electron chi connectivity index (χ2n) is 14.7. The topological polar surface area (TPSA) is 178 Å². The van der Waals surface area contributed by atoms with Crippen LogP contribution in [0.2, 0.25) is 0 Å². The normalized spacial score (nSPS) is 18.1.